The molecule has 0 amide bonds. The Morgan fingerprint density at radius 3 is 1.36 bits per heavy atom. The van der Waals surface area contributed by atoms with Gasteiger partial charge in [-0.1, -0.05) is 109 Å². The van der Waals surface area contributed by atoms with Crippen molar-refractivity contribution in [1.82, 2.24) is 0 Å². The van der Waals surface area contributed by atoms with Crippen LogP contribution in [0.2, 0.25) is 0 Å². The Balaban J connectivity index is 1.33. The Kier molecular flexibility index (Phi) is 6.73. The van der Waals surface area contributed by atoms with Crippen LogP contribution in [0.25, 0.3) is 22.3 Å². The van der Waals surface area contributed by atoms with Crippen LogP contribution in [0.5, 0.6) is 0 Å². The van der Waals surface area contributed by atoms with Crippen molar-refractivity contribution in [2.45, 2.75) is 33.6 Å². The maximum absolute atomic E-state index is 3.61. The van der Waals surface area contributed by atoms with Gasteiger partial charge in [0.05, 0.1) is 0 Å². The summed E-state index contributed by atoms with van der Waals surface area (Å²) < 4.78 is 0. The Morgan fingerprint density at radius 2 is 0.861 bits per heavy atom. The average molecular weight is 468 g/mol. The zero-order valence-electron chi connectivity index (χ0n) is 21.5. The van der Waals surface area contributed by atoms with E-state index in [0.29, 0.717) is 5.92 Å². The summed E-state index contributed by atoms with van der Waals surface area (Å²) in [4.78, 5) is 0. The molecule has 5 rings (SSSR count). The summed E-state index contributed by atoms with van der Waals surface area (Å²) in [5, 5.41) is 3.61. The van der Waals surface area contributed by atoms with Gasteiger partial charge >= 0.3 is 0 Å². The van der Waals surface area contributed by atoms with Crippen molar-refractivity contribution in [2.75, 3.05) is 5.32 Å². The molecule has 0 saturated heterocycles. The van der Waals surface area contributed by atoms with Crippen LogP contribution in [0.1, 0.15) is 40.7 Å². The highest BCUT2D eigenvalue weighted by Crippen LogP contribution is 2.31. The first-order valence-corrected chi connectivity index (χ1v) is 12.7. The lowest BCUT2D eigenvalue weighted by atomic mass is 9.90. The first kappa shape index (κ1) is 23.6. The molecule has 0 saturated carbocycles. The number of benzene rings is 5. The minimum absolute atomic E-state index is 0.307. The van der Waals surface area contributed by atoms with E-state index < -0.39 is 0 Å². The summed E-state index contributed by atoms with van der Waals surface area (Å²) in [5.41, 5.74) is 13.7. The Morgan fingerprint density at radius 1 is 0.417 bits per heavy atom. The third kappa shape index (κ3) is 5.42. The molecule has 0 aliphatic carbocycles. The highest BCUT2D eigenvalue weighted by molar-refractivity contribution is 5.69. The van der Waals surface area contributed by atoms with E-state index in [1.807, 2.05) is 0 Å². The normalized spacial score (nSPS) is 11.8. The molecule has 36 heavy (non-hydrogen) atoms. The monoisotopic (exact) mass is 467 g/mol. The molecule has 1 heteroatoms. The van der Waals surface area contributed by atoms with Crippen LogP contribution in [-0.2, 0) is 0 Å². The maximum Gasteiger partial charge on any atom is 0.0389 e. The molecule has 0 aliphatic heterocycles. The fraction of sp³-hybridized carbons (Fsp3) is 0.143. The predicted molar refractivity (Wildman–Crippen MR) is 155 cm³/mol. The number of nitrogens with one attached hydrogen (secondary N) is 1. The standard InChI is InChI=1S/C35H33N/c1-24-5-9-29(10-6-24)31-15-13-28(14-16-31)27(4)33-21-26(3)22-35(23-33)36-34-19-17-32(18-20-34)30-11-7-25(2)8-12-30/h5-23,27,36H,1-4H3. The molecule has 1 unspecified atom stereocenters. The molecule has 0 fully saturated rings. The molecule has 1 atom stereocenters. The van der Waals surface area contributed by atoms with Gasteiger partial charge in [-0.25, -0.2) is 0 Å². The third-order valence-electron chi connectivity index (χ3n) is 6.95. The van der Waals surface area contributed by atoms with Crippen molar-refractivity contribution in [3.8, 4) is 22.3 Å². The molecule has 0 bridgehead atoms. The third-order valence-corrected chi connectivity index (χ3v) is 6.95. The van der Waals surface area contributed by atoms with Crippen molar-refractivity contribution in [2.24, 2.45) is 0 Å². The Labute approximate surface area is 215 Å². The lowest BCUT2D eigenvalue weighted by Gasteiger charge is -2.17. The van der Waals surface area contributed by atoms with Crippen LogP contribution in [0.15, 0.2) is 115 Å². The van der Waals surface area contributed by atoms with Crippen LogP contribution >= 0.6 is 0 Å². The number of rotatable bonds is 6. The van der Waals surface area contributed by atoms with Crippen LogP contribution in [0, 0.1) is 20.8 Å². The number of aryl methyl sites for hydroxylation is 3. The number of anilines is 2. The molecule has 178 valence electrons. The fourth-order valence-electron chi connectivity index (χ4n) is 4.70. The van der Waals surface area contributed by atoms with E-state index in [1.165, 1.54) is 50.1 Å². The zero-order valence-corrected chi connectivity index (χ0v) is 21.5. The lowest BCUT2D eigenvalue weighted by molar-refractivity contribution is 0.921. The molecule has 0 aliphatic rings. The van der Waals surface area contributed by atoms with Crippen LogP contribution < -0.4 is 5.32 Å². The number of hydrogen-bond donors (Lipinski definition) is 1. The van der Waals surface area contributed by atoms with Crippen LogP contribution in [-0.4, -0.2) is 0 Å². The minimum Gasteiger partial charge on any atom is -0.356 e. The van der Waals surface area contributed by atoms with E-state index in [1.54, 1.807) is 0 Å². The van der Waals surface area contributed by atoms with Gasteiger partial charge in [-0.2, -0.15) is 0 Å². The molecule has 0 radical (unpaired) electrons. The van der Waals surface area contributed by atoms with E-state index in [-0.39, 0.29) is 0 Å². The molecule has 1 nitrogen and oxygen atoms in total. The molecule has 0 spiro atoms. The van der Waals surface area contributed by atoms with Crippen molar-refractivity contribution in [3.05, 3.63) is 143 Å². The van der Waals surface area contributed by atoms with E-state index >= 15 is 0 Å². The smallest absolute Gasteiger partial charge is 0.0389 e. The minimum atomic E-state index is 0.307. The first-order chi connectivity index (χ1) is 17.4. The maximum atomic E-state index is 3.61. The molecule has 1 N–H and O–H groups in total. The molecule has 5 aromatic carbocycles. The van der Waals surface area contributed by atoms with Gasteiger partial charge in [-0.15, -0.1) is 0 Å². The van der Waals surface area contributed by atoms with Gasteiger partial charge in [0, 0.05) is 17.3 Å². The Bertz CT molecular complexity index is 1440. The summed E-state index contributed by atoms with van der Waals surface area (Å²) in [5.74, 6) is 0.307. The summed E-state index contributed by atoms with van der Waals surface area (Å²) in [7, 11) is 0. The fourth-order valence-corrected chi connectivity index (χ4v) is 4.70. The second-order valence-corrected chi connectivity index (χ2v) is 9.91. The second kappa shape index (κ2) is 10.3. The SMILES string of the molecule is Cc1ccc(-c2ccc(Nc3cc(C)cc(C(C)c4ccc(-c5ccc(C)cc5)cc4)c3)cc2)cc1. The summed E-state index contributed by atoms with van der Waals surface area (Å²) in [6.45, 7) is 8.70. The van der Waals surface area contributed by atoms with Gasteiger partial charge < -0.3 is 5.32 Å². The van der Waals surface area contributed by atoms with E-state index in [4.69, 9.17) is 0 Å². The van der Waals surface area contributed by atoms with Gasteiger partial charge in [0.1, 0.15) is 0 Å². The quantitative estimate of drug-likeness (QED) is 0.262. The highest BCUT2D eigenvalue weighted by Gasteiger charge is 2.11. The molecule has 0 heterocycles. The summed E-state index contributed by atoms with van der Waals surface area (Å²) >= 11 is 0. The van der Waals surface area contributed by atoms with Crippen LogP contribution in [0.3, 0.4) is 0 Å². The predicted octanol–water partition coefficient (Wildman–Crippen LogP) is 9.84. The van der Waals surface area contributed by atoms with Gasteiger partial charge in [-0.3, -0.25) is 0 Å². The van der Waals surface area contributed by atoms with Gasteiger partial charge in [0.15, 0.2) is 0 Å². The van der Waals surface area contributed by atoms with Crippen molar-refractivity contribution in [1.29, 1.82) is 0 Å². The summed E-state index contributed by atoms with van der Waals surface area (Å²) in [6.07, 6.45) is 0. The zero-order chi connectivity index (χ0) is 25.1. The largest absolute Gasteiger partial charge is 0.356 e. The average Bonchev–Trinajstić information content (AvgIpc) is 2.89. The van der Waals surface area contributed by atoms with Crippen molar-refractivity contribution < 1.29 is 0 Å². The second-order valence-electron chi connectivity index (χ2n) is 9.91. The molecular weight excluding hydrogens is 434 g/mol. The highest BCUT2D eigenvalue weighted by atomic mass is 14.9. The topological polar surface area (TPSA) is 12.0 Å². The van der Waals surface area contributed by atoms with E-state index in [0.717, 1.165) is 11.4 Å². The lowest BCUT2D eigenvalue weighted by Crippen LogP contribution is -1.99. The van der Waals surface area contributed by atoms with E-state index in [2.05, 4.69) is 148 Å². The number of hydrogen-bond acceptors (Lipinski definition) is 1. The van der Waals surface area contributed by atoms with Crippen LogP contribution in [0.4, 0.5) is 11.4 Å². The van der Waals surface area contributed by atoms with Crippen molar-refractivity contribution in [3.63, 3.8) is 0 Å². The van der Waals surface area contributed by atoms with Gasteiger partial charge in [-0.05, 0) is 84.0 Å². The van der Waals surface area contributed by atoms with Gasteiger partial charge in [0.25, 0.3) is 0 Å². The van der Waals surface area contributed by atoms with Crippen molar-refractivity contribution >= 4 is 11.4 Å². The first-order valence-electron chi connectivity index (χ1n) is 12.7. The summed E-state index contributed by atoms with van der Waals surface area (Å²) in [6, 6.07) is 41.9. The molecular formula is C35H33N. The van der Waals surface area contributed by atoms with Gasteiger partial charge in [0.2, 0.25) is 0 Å². The molecule has 5 aromatic rings. The Hall–Kier alpha value is -4.10. The molecule has 0 aromatic heterocycles. The van der Waals surface area contributed by atoms with E-state index in [9.17, 15) is 0 Å².